The summed E-state index contributed by atoms with van der Waals surface area (Å²) in [6, 6.07) is 11.2. The van der Waals surface area contributed by atoms with E-state index in [1.165, 1.54) is 14.2 Å². The van der Waals surface area contributed by atoms with Gasteiger partial charge >= 0.3 is 0 Å². The number of likely N-dealkylation sites (N-methyl/N-ethyl adjacent to an activating group) is 1. The van der Waals surface area contributed by atoms with Crippen LogP contribution in [0.25, 0.3) is 0 Å². The van der Waals surface area contributed by atoms with Gasteiger partial charge in [-0.1, -0.05) is 22.0 Å². The van der Waals surface area contributed by atoms with Gasteiger partial charge in [0, 0.05) is 35.9 Å². The molecule has 0 bridgehead atoms. The molecule has 0 fully saturated rings. The highest BCUT2D eigenvalue weighted by molar-refractivity contribution is 9.10. The van der Waals surface area contributed by atoms with Gasteiger partial charge in [-0.3, -0.25) is 0 Å². The Kier molecular flexibility index (Phi) is 6.42. The van der Waals surface area contributed by atoms with Crippen molar-refractivity contribution >= 4 is 55.0 Å². The minimum absolute atomic E-state index is 0.495. The topological polar surface area (TPSA) is 12.0 Å². The van der Waals surface area contributed by atoms with Gasteiger partial charge in [0.15, 0.2) is 0 Å². The molecule has 0 aliphatic rings. The summed E-state index contributed by atoms with van der Waals surface area (Å²) in [5.74, 6) is 1.07. The molecule has 0 spiro atoms. The van der Waals surface area contributed by atoms with E-state index in [2.05, 4.69) is 72.9 Å². The molecule has 102 valence electrons. The minimum atomic E-state index is 0.495. The van der Waals surface area contributed by atoms with E-state index in [1.807, 2.05) is 30.1 Å². The lowest BCUT2D eigenvalue weighted by Crippen LogP contribution is -2.29. The summed E-state index contributed by atoms with van der Waals surface area (Å²) in [6.07, 6.45) is 1.08. The second-order valence-electron chi connectivity index (χ2n) is 4.19. The summed E-state index contributed by atoms with van der Waals surface area (Å²) in [5, 5.41) is 5.55. The molecule has 0 saturated carbocycles. The van der Waals surface area contributed by atoms with E-state index >= 15 is 0 Å². The number of halogens is 2. The number of nitrogens with one attached hydrogen (secondary N) is 1. The molecule has 1 N–H and O–H groups in total. The van der Waals surface area contributed by atoms with E-state index in [9.17, 15) is 0 Å². The van der Waals surface area contributed by atoms with Gasteiger partial charge in [-0.15, -0.1) is 23.1 Å². The fourth-order valence-electron chi connectivity index (χ4n) is 1.70. The van der Waals surface area contributed by atoms with Crippen LogP contribution in [-0.4, -0.2) is 18.8 Å². The third kappa shape index (κ3) is 5.23. The van der Waals surface area contributed by atoms with Crippen LogP contribution in [0, 0.1) is 0 Å². The number of thioether (sulfide) groups is 1. The molecule has 1 aromatic heterocycles. The van der Waals surface area contributed by atoms with E-state index < -0.39 is 0 Å². The number of benzene rings is 1. The van der Waals surface area contributed by atoms with Gasteiger partial charge in [-0.05, 0) is 53.7 Å². The number of thiophene rings is 1. The van der Waals surface area contributed by atoms with Gasteiger partial charge in [0.25, 0.3) is 0 Å². The van der Waals surface area contributed by atoms with Crippen molar-refractivity contribution < 1.29 is 0 Å². The maximum atomic E-state index is 3.51. The Bertz CT molecular complexity index is 528. The van der Waals surface area contributed by atoms with Crippen molar-refractivity contribution in [3.05, 3.63) is 49.5 Å². The molecule has 0 saturated heterocycles. The lowest BCUT2D eigenvalue weighted by Gasteiger charge is -2.14. The second kappa shape index (κ2) is 7.84. The van der Waals surface area contributed by atoms with Crippen LogP contribution in [0.4, 0.5) is 0 Å². The monoisotopic (exact) mass is 419 g/mol. The number of hydrogen-bond donors (Lipinski definition) is 1. The van der Waals surface area contributed by atoms with Crippen LogP contribution in [0.15, 0.2) is 49.6 Å². The molecule has 1 nitrogen and oxygen atoms in total. The first kappa shape index (κ1) is 15.6. The summed E-state index contributed by atoms with van der Waals surface area (Å²) in [4.78, 5) is 2.73. The number of rotatable bonds is 6. The Balaban J connectivity index is 1.89. The highest BCUT2D eigenvalue weighted by Crippen LogP contribution is 2.25. The first-order valence-electron chi connectivity index (χ1n) is 5.96. The number of hydrogen-bond acceptors (Lipinski definition) is 3. The van der Waals surface area contributed by atoms with E-state index in [0.29, 0.717) is 6.04 Å². The zero-order chi connectivity index (χ0) is 13.7. The molecule has 1 heterocycles. The van der Waals surface area contributed by atoms with Crippen LogP contribution in [-0.2, 0) is 6.42 Å². The molecule has 2 rings (SSSR count). The molecule has 2 aromatic rings. The molecule has 1 aromatic carbocycles. The van der Waals surface area contributed by atoms with Crippen molar-refractivity contribution in [2.24, 2.45) is 0 Å². The molecular weight excluding hydrogens is 406 g/mol. The molecular formula is C14H15Br2NS2. The average Bonchev–Trinajstić information content (AvgIpc) is 2.80. The van der Waals surface area contributed by atoms with Crippen molar-refractivity contribution in [3.63, 3.8) is 0 Å². The van der Waals surface area contributed by atoms with Gasteiger partial charge in [0.1, 0.15) is 0 Å². The Hall–Kier alpha value is 0.190. The quantitative estimate of drug-likeness (QED) is 0.644. The molecule has 1 atom stereocenters. The maximum absolute atomic E-state index is 3.51. The Morgan fingerprint density at radius 3 is 2.74 bits per heavy atom. The molecule has 19 heavy (non-hydrogen) atoms. The van der Waals surface area contributed by atoms with Crippen LogP contribution >= 0.6 is 55.0 Å². The third-order valence-corrected chi connectivity index (χ3v) is 6.09. The lowest BCUT2D eigenvalue weighted by atomic mass is 10.2. The third-order valence-electron chi connectivity index (χ3n) is 2.72. The van der Waals surface area contributed by atoms with E-state index in [4.69, 9.17) is 0 Å². The van der Waals surface area contributed by atoms with Crippen molar-refractivity contribution in [2.45, 2.75) is 17.4 Å². The van der Waals surface area contributed by atoms with Crippen molar-refractivity contribution in [3.8, 4) is 0 Å². The summed E-state index contributed by atoms with van der Waals surface area (Å²) < 4.78 is 2.32. The van der Waals surface area contributed by atoms with E-state index in [0.717, 1.165) is 16.6 Å². The first-order valence-corrected chi connectivity index (χ1v) is 9.41. The fourth-order valence-corrected chi connectivity index (χ4v) is 4.85. The largest absolute Gasteiger partial charge is 0.316 e. The molecule has 0 aliphatic heterocycles. The van der Waals surface area contributed by atoms with E-state index in [1.54, 1.807) is 0 Å². The molecule has 1 unspecified atom stereocenters. The lowest BCUT2D eigenvalue weighted by molar-refractivity contribution is 0.622. The molecule has 0 radical (unpaired) electrons. The van der Waals surface area contributed by atoms with E-state index in [-0.39, 0.29) is 0 Å². The molecule has 5 heteroatoms. The van der Waals surface area contributed by atoms with Gasteiger partial charge in [-0.25, -0.2) is 0 Å². The van der Waals surface area contributed by atoms with Crippen LogP contribution in [0.5, 0.6) is 0 Å². The zero-order valence-electron chi connectivity index (χ0n) is 10.5. The molecule has 0 aliphatic carbocycles. The first-order chi connectivity index (χ1) is 9.17. The van der Waals surface area contributed by atoms with Crippen LogP contribution in [0.2, 0.25) is 0 Å². The summed E-state index contributed by atoms with van der Waals surface area (Å²) in [6.45, 7) is 0. The summed E-state index contributed by atoms with van der Waals surface area (Å²) in [7, 11) is 2.04. The van der Waals surface area contributed by atoms with Crippen LogP contribution in [0.1, 0.15) is 4.88 Å². The Labute approximate surface area is 139 Å². The van der Waals surface area contributed by atoms with Crippen molar-refractivity contribution in [2.75, 3.05) is 12.8 Å². The average molecular weight is 421 g/mol. The smallest absolute Gasteiger partial charge is 0.0285 e. The highest BCUT2D eigenvalue weighted by Gasteiger charge is 2.09. The second-order valence-corrected chi connectivity index (χ2v) is 8.11. The minimum Gasteiger partial charge on any atom is -0.316 e. The van der Waals surface area contributed by atoms with Crippen molar-refractivity contribution in [1.82, 2.24) is 5.32 Å². The Morgan fingerprint density at radius 2 is 2.11 bits per heavy atom. The predicted octanol–water partition coefficient (Wildman–Crippen LogP) is 5.20. The SMILES string of the molecule is CNC(CSc1cccc(Br)c1)Cc1cc(Br)cs1. The van der Waals surface area contributed by atoms with Gasteiger partial charge in [-0.2, -0.15) is 0 Å². The van der Waals surface area contributed by atoms with Crippen LogP contribution in [0.3, 0.4) is 0 Å². The molecule has 0 amide bonds. The standard InChI is InChI=1S/C14H15Br2NS2/c1-17-12(7-14-6-11(16)8-18-14)9-19-13-4-2-3-10(15)5-13/h2-6,8,12,17H,7,9H2,1H3. The highest BCUT2D eigenvalue weighted by atomic mass is 79.9. The van der Waals surface area contributed by atoms with Gasteiger partial charge in [0.05, 0.1) is 0 Å². The van der Waals surface area contributed by atoms with Crippen molar-refractivity contribution in [1.29, 1.82) is 0 Å². The van der Waals surface area contributed by atoms with Gasteiger partial charge < -0.3 is 5.32 Å². The summed E-state index contributed by atoms with van der Waals surface area (Å²) >= 11 is 10.7. The predicted molar refractivity (Wildman–Crippen MR) is 93.4 cm³/mol. The zero-order valence-corrected chi connectivity index (χ0v) is 15.3. The normalized spacial score (nSPS) is 12.6. The van der Waals surface area contributed by atoms with Crippen LogP contribution < -0.4 is 5.32 Å². The van der Waals surface area contributed by atoms with Gasteiger partial charge in [0.2, 0.25) is 0 Å². The Morgan fingerprint density at radius 1 is 1.26 bits per heavy atom. The fraction of sp³-hybridized carbons (Fsp3) is 0.286. The maximum Gasteiger partial charge on any atom is 0.0285 e. The summed E-state index contributed by atoms with van der Waals surface area (Å²) in [5.41, 5.74) is 0.